The van der Waals surface area contributed by atoms with Crippen LogP contribution in [0, 0.1) is 0 Å². The van der Waals surface area contributed by atoms with E-state index in [9.17, 15) is 0 Å². The van der Waals surface area contributed by atoms with Gasteiger partial charge in [0.25, 0.3) is 0 Å². The van der Waals surface area contributed by atoms with Crippen molar-refractivity contribution in [1.29, 1.82) is 0 Å². The maximum atomic E-state index is 5.24. The average molecular weight is 337 g/mol. The number of methoxy groups -OCH3 is 1. The van der Waals surface area contributed by atoms with Crippen LogP contribution in [0.15, 0.2) is 36.4 Å². The molecule has 4 rings (SSSR count). The van der Waals surface area contributed by atoms with Crippen LogP contribution in [-0.4, -0.2) is 44.3 Å². The van der Waals surface area contributed by atoms with Crippen molar-refractivity contribution >= 4 is 10.9 Å². The van der Waals surface area contributed by atoms with Crippen molar-refractivity contribution in [3.63, 3.8) is 0 Å². The third-order valence-corrected chi connectivity index (χ3v) is 4.91. The van der Waals surface area contributed by atoms with E-state index in [-0.39, 0.29) is 0 Å². The van der Waals surface area contributed by atoms with Gasteiger partial charge in [-0.15, -0.1) is 10.2 Å². The number of ether oxygens (including phenoxy) is 1. The lowest BCUT2D eigenvalue weighted by atomic mass is 10.1. The third kappa shape index (κ3) is 3.27. The fourth-order valence-corrected chi connectivity index (χ4v) is 3.50. The standard InChI is InChI=1S/C19H23N5O/c1-14-11-18-21-22-19(13-25-2)24(18)10-9-23(14)12-16-8-7-15-5-3-4-6-17(15)20-16/h3-8,14H,9-13H2,1-2H3/t14-/m1/s1. The Morgan fingerprint density at radius 2 is 2.00 bits per heavy atom. The molecule has 0 aliphatic carbocycles. The number of benzene rings is 1. The summed E-state index contributed by atoms with van der Waals surface area (Å²) in [7, 11) is 1.69. The monoisotopic (exact) mass is 337 g/mol. The Hall–Kier alpha value is -2.31. The number of hydrogen-bond donors (Lipinski definition) is 0. The van der Waals surface area contributed by atoms with Crippen molar-refractivity contribution in [1.82, 2.24) is 24.6 Å². The Kier molecular flexibility index (Phi) is 4.46. The zero-order valence-electron chi connectivity index (χ0n) is 14.7. The van der Waals surface area contributed by atoms with Crippen LogP contribution in [-0.2, 0) is 30.9 Å². The number of aromatic nitrogens is 4. The van der Waals surface area contributed by atoms with Gasteiger partial charge in [0.1, 0.15) is 12.4 Å². The van der Waals surface area contributed by atoms with Gasteiger partial charge in [-0.25, -0.2) is 0 Å². The topological polar surface area (TPSA) is 56.1 Å². The van der Waals surface area contributed by atoms with Crippen LogP contribution in [0.4, 0.5) is 0 Å². The first-order valence-electron chi connectivity index (χ1n) is 8.73. The van der Waals surface area contributed by atoms with Crippen molar-refractivity contribution in [3.8, 4) is 0 Å². The second-order valence-electron chi connectivity index (χ2n) is 6.64. The molecule has 0 bridgehead atoms. The highest BCUT2D eigenvalue weighted by molar-refractivity contribution is 5.78. The summed E-state index contributed by atoms with van der Waals surface area (Å²) in [6, 6.07) is 13.0. The molecular weight excluding hydrogens is 314 g/mol. The molecule has 1 aliphatic rings. The molecule has 0 N–H and O–H groups in total. The Morgan fingerprint density at radius 3 is 2.88 bits per heavy atom. The summed E-state index contributed by atoms with van der Waals surface area (Å²) in [6.07, 6.45) is 0.893. The van der Waals surface area contributed by atoms with E-state index in [1.807, 2.05) is 12.1 Å². The van der Waals surface area contributed by atoms with Crippen molar-refractivity contribution in [2.24, 2.45) is 0 Å². The number of nitrogens with zero attached hydrogens (tertiary/aromatic N) is 5. The van der Waals surface area contributed by atoms with E-state index in [1.165, 1.54) is 5.39 Å². The van der Waals surface area contributed by atoms with Crippen molar-refractivity contribution < 1.29 is 4.74 Å². The first-order valence-corrected chi connectivity index (χ1v) is 8.73. The van der Waals surface area contributed by atoms with E-state index >= 15 is 0 Å². The number of para-hydroxylation sites is 1. The molecule has 0 amide bonds. The van der Waals surface area contributed by atoms with Crippen LogP contribution < -0.4 is 0 Å². The Labute approximate surface area is 147 Å². The fourth-order valence-electron chi connectivity index (χ4n) is 3.50. The molecule has 130 valence electrons. The lowest BCUT2D eigenvalue weighted by Gasteiger charge is -2.26. The van der Waals surface area contributed by atoms with Crippen LogP contribution in [0.5, 0.6) is 0 Å². The number of fused-ring (bicyclic) bond motifs is 2. The average Bonchev–Trinajstić information content (AvgIpc) is 2.92. The lowest BCUT2D eigenvalue weighted by molar-refractivity contribution is 0.170. The zero-order chi connectivity index (χ0) is 17.2. The van der Waals surface area contributed by atoms with Crippen LogP contribution in [0.2, 0.25) is 0 Å². The summed E-state index contributed by atoms with van der Waals surface area (Å²) in [6.45, 7) is 5.45. The van der Waals surface area contributed by atoms with Gasteiger partial charge in [0.05, 0.1) is 11.2 Å². The second kappa shape index (κ2) is 6.90. The van der Waals surface area contributed by atoms with Crippen LogP contribution in [0.1, 0.15) is 24.3 Å². The van der Waals surface area contributed by atoms with Gasteiger partial charge in [-0.2, -0.15) is 0 Å². The molecule has 0 unspecified atom stereocenters. The van der Waals surface area contributed by atoms with E-state index in [1.54, 1.807) is 7.11 Å². The lowest BCUT2D eigenvalue weighted by Crippen LogP contribution is -2.34. The van der Waals surface area contributed by atoms with Gasteiger partial charge in [-0.05, 0) is 19.1 Å². The molecule has 0 radical (unpaired) electrons. The molecule has 1 aliphatic heterocycles. The Balaban J connectivity index is 1.53. The van der Waals surface area contributed by atoms with Gasteiger partial charge in [-0.3, -0.25) is 9.88 Å². The Morgan fingerprint density at radius 1 is 1.12 bits per heavy atom. The molecule has 25 heavy (non-hydrogen) atoms. The number of pyridine rings is 1. The van der Waals surface area contributed by atoms with Gasteiger partial charge in [-0.1, -0.05) is 24.3 Å². The van der Waals surface area contributed by atoms with E-state index in [4.69, 9.17) is 9.72 Å². The van der Waals surface area contributed by atoms with Crippen molar-refractivity contribution in [2.75, 3.05) is 13.7 Å². The van der Waals surface area contributed by atoms with Gasteiger partial charge >= 0.3 is 0 Å². The number of rotatable bonds is 4. The van der Waals surface area contributed by atoms with Crippen molar-refractivity contribution in [2.45, 2.75) is 39.1 Å². The molecule has 3 aromatic rings. The number of hydrogen-bond acceptors (Lipinski definition) is 5. The van der Waals surface area contributed by atoms with E-state index in [2.05, 4.69) is 50.9 Å². The molecular formula is C19H23N5O. The molecule has 3 heterocycles. The van der Waals surface area contributed by atoms with Crippen LogP contribution in [0.25, 0.3) is 10.9 Å². The first-order chi connectivity index (χ1) is 12.2. The zero-order valence-corrected chi connectivity index (χ0v) is 14.7. The third-order valence-electron chi connectivity index (χ3n) is 4.91. The van der Waals surface area contributed by atoms with Gasteiger partial charge in [0.15, 0.2) is 5.82 Å². The van der Waals surface area contributed by atoms with E-state index < -0.39 is 0 Å². The summed E-state index contributed by atoms with van der Waals surface area (Å²) in [5.74, 6) is 1.96. The summed E-state index contributed by atoms with van der Waals surface area (Å²) < 4.78 is 7.44. The van der Waals surface area contributed by atoms with Crippen LogP contribution in [0.3, 0.4) is 0 Å². The summed E-state index contributed by atoms with van der Waals surface area (Å²) in [4.78, 5) is 7.30. The SMILES string of the molecule is COCc1nnc2n1CCN(Cc1ccc3ccccc3n1)[C@H](C)C2. The molecule has 1 atom stereocenters. The van der Waals surface area contributed by atoms with Crippen molar-refractivity contribution in [3.05, 3.63) is 53.7 Å². The highest BCUT2D eigenvalue weighted by atomic mass is 16.5. The summed E-state index contributed by atoms with van der Waals surface area (Å²) in [5, 5.41) is 9.81. The minimum Gasteiger partial charge on any atom is -0.377 e. The van der Waals surface area contributed by atoms with E-state index in [0.717, 1.165) is 48.9 Å². The van der Waals surface area contributed by atoms with Crippen LogP contribution >= 0.6 is 0 Å². The molecule has 6 nitrogen and oxygen atoms in total. The fraction of sp³-hybridized carbons (Fsp3) is 0.421. The van der Waals surface area contributed by atoms with Gasteiger partial charge < -0.3 is 9.30 Å². The predicted molar refractivity (Wildman–Crippen MR) is 96.1 cm³/mol. The molecule has 1 aromatic carbocycles. The maximum Gasteiger partial charge on any atom is 0.159 e. The molecule has 0 saturated heterocycles. The summed E-state index contributed by atoms with van der Waals surface area (Å²) >= 11 is 0. The second-order valence-corrected chi connectivity index (χ2v) is 6.64. The Bertz CT molecular complexity index is 875. The highest BCUT2D eigenvalue weighted by Gasteiger charge is 2.24. The quantitative estimate of drug-likeness (QED) is 0.732. The largest absolute Gasteiger partial charge is 0.377 e. The first kappa shape index (κ1) is 16.2. The highest BCUT2D eigenvalue weighted by Crippen LogP contribution is 2.18. The van der Waals surface area contributed by atoms with E-state index in [0.29, 0.717) is 12.6 Å². The predicted octanol–water partition coefficient (Wildman–Crippen LogP) is 2.42. The molecule has 0 saturated carbocycles. The summed E-state index contributed by atoms with van der Waals surface area (Å²) in [5.41, 5.74) is 2.17. The van der Waals surface area contributed by atoms with Gasteiger partial charge in [0.2, 0.25) is 0 Å². The molecule has 0 spiro atoms. The molecule has 2 aromatic heterocycles. The maximum absolute atomic E-state index is 5.24. The van der Waals surface area contributed by atoms with Gasteiger partial charge in [0, 0.05) is 44.6 Å². The smallest absolute Gasteiger partial charge is 0.159 e. The molecule has 0 fully saturated rings. The minimum atomic E-state index is 0.397. The molecule has 6 heteroatoms. The normalized spacial score (nSPS) is 18.2. The minimum absolute atomic E-state index is 0.397.